The molecule has 0 saturated carbocycles. The molecule has 100 valence electrons. The molecular formula is C12H14N4O2S. The highest BCUT2D eigenvalue weighted by Crippen LogP contribution is 2.29. The van der Waals surface area contributed by atoms with Crippen LogP contribution >= 0.6 is 11.3 Å². The monoisotopic (exact) mass is 278 g/mol. The molecular weight excluding hydrogens is 264 g/mol. The Morgan fingerprint density at radius 2 is 2.32 bits per heavy atom. The average Bonchev–Trinajstić information content (AvgIpc) is 2.93. The maximum absolute atomic E-state index is 12.4. The molecule has 1 aliphatic heterocycles. The number of rotatable bonds is 3. The van der Waals surface area contributed by atoms with Gasteiger partial charge in [-0.1, -0.05) is 0 Å². The fourth-order valence-corrected chi connectivity index (χ4v) is 3.37. The van der Waals surface area contributed by atoms with Gasteiger partial charge in [-0.25, -0.2) is 0 Å². The Bertz CT molecular complexity index is 660. The maximum atomic E-state index is 12.4. The number of primary amides is 1. The average molecular weight is 278 g/mol. The van der Waals surface area contributed by atoms with Crippen molar-refractivity contribution in [3.63, 3.8) is 0 Å². The van der Waals surface area contributed by atoms with Gasteiger partial charge in [-0.05, 0) is 17.5 Å². The highest BCUT2D eigenvalue weighted by molar-refractivity contribution is 7.17. The van der Waals surface area contributed by atoms with Crippen LogP contribution in [0.25, 0.3) is 10.2 Å². The van der Waals surface area contributed by atoms with Crippen molar-refractivity contribution in [1.29, 1.82) is 0 Å². The number of fused-ring (bicyclic) bond motifs is 3. The Labute approximate surface area is 113 Å². The third kappa shape index (κ3) is 1.73. The van der Waals surface area contributed by atoms with Gasteiger partial charge in [-0.15, -0.1) is 11.3 Å². The van der Waals surface area contributed by atoms with E-state index in [0.717, 1.165) is 10.2 Å². The lowest BCUT2D eigenvalue weighted by atomic mass is 10.1. The zero-order chi connectivity index (χ0) is 13.6. The van der Waals surface area contributed by atoms with Crippen molar-refractivity contribution in [1.82, 2.24) is 9.47 Å². The van der Waals surface area contributed by atoms with Crippen LogP contribution in [0.3, 0.4) is 0 Å². The minimum Gasteiger partial charge on any atom is -0.368 e. The molecule has 3 rings (SSSR count). The Balaban J connectivity index is 2.12. The molecule has 2 aromatic rings. The molecule has 0 fully saturated rings. The molecule has 19 heavy (non-hydrogen) atoms. The Morgan fingerprint density at radius 1 is 1.53 bits per heavy atom. The normalized spacial score (nSPS) is 18.9. The second-order valence-electron chi connectivity index (χ2n) is 4.52. The van der Waals surface area contributed by atoms with E-state index in [1.54, 1.807) is 11.3 Å². The minimum absolute atomic E-state index is 0.177. The number of thiophene rings is 1. The molecule has 3 heterocycles. The summed E-state index contributed by atoms with van der Waals surface area (Å²) in [4.78, 5) is 25.5. The van der Waals surface area contributed by atoms with E-state index in [1.807, 2.05) is 22.1 Å². The van der Waals surface area contributed by atoms with Crippen LogP contribution in [0.2, 0.25) is 0 Å². The first-order valence-electron chi connectivity index (χ1n) is 6.00. The summed E-state index contributed by atoms with van der Waals surface area (Å²) in [5.41, 5.74) is 12.5. The van der Waals surface area contributed by atoms with E-state index in [0.29, 0.717) is 25.3 Å². The molecule has 0 bridgehead atoms. The van der Waals surface area contributed by atoms with Crippen LogP contribution in [0.5, 0.6) is 0 Å². The van der Waals surface area contributed by atoms with Crippen molar-refractivity contribution in [2.75, 3.05) is 13.1 Å². The van der Waals surface area contributed by atoms with Gasteiger partial charge in [-0.2, -0.15) is 0 Å². The number of nitrogens with zero attached hydrogens (tertiary/aromatic N) is 2. The van der Waals surface area contributed by atoms with Gasteiger partial charge in [0.1, 0.15) is 11.7 Å². The summed E-state index contributed by atoms with van der Waals surface area (Å²) in [6, 6.07) is 3.19. The first kappa shape index (κ1) is 12.2. The van der Waals surface area contributed by atoms with Crippen LogP contribution in [0.4, 0.5) is 0 Å². The summed E-state index contributed by atoms with van der Waals surface area (Å²) in [6.45, 7) is 1.05. The molecule has 6 nitrogen and oxygen atoms in total. The molecule has 1 unspecified atom stereocenters. The van der Waals surface area contributed by atoms with E-state index in [-0.39, 0.29) is 5.91 Å². The van der Waals surface area contributed by atoms with Crippen molar-refractivity contribution >= 4 is 33.4 Å². The summed E-state index contributed by atoms with van der Waals surface area (Å²) in [7, 11) is 0. The van der Waals surface area contributed by atoms with E-state index < -0.39 is 11.9 Å². The van der Waals surface area contributed by atoms with Gasteiger partial charge in [-0.3, -0.25) is 9.59 Å². The lowest BCUT2D eigenvalue weighted by Crippen LogP contribution is -2.55. The number of amides is 2. The summed E-state index contributed by atoms with van der Waals surface area (Å²) in [6.07, 6.45) is 0. The SMILES string of the molecule is NCCN1C(=O)c2cc3sccc3n2CC1C(N)=O. The highest BCUT2D eigenvalue weighted by Gasteiger charge is 2.36. The molecule has 2 aromatic heterocycles. The quantitative estimate of drug-likeness (QED) is 0.825. The molecule has 1 atom stereocenters. The topological polar surface area (TPSA) is 94.3 Å². The Kier molecular flexibility index (Phi) is 2.79. The fourth-order valence-electron chi connectivity index (χ4n) is 2.55. The molecule has 2 amide bonds. The standard InChI is InChI=1S/C12H14N4O2S/c13-2-3-15-9(11(14)17)6-16-7-1-4-19-10(7)5-8(16)12(15)18/h1,4-5,9H,2-3,6,13H2,(H2,14,17). The van der Waals surface area contributed by atoms with Crippen LogP contribution < -0.4 is 11.5 Å². The zero-order valence-electron chi connectivity index (χ0n) is 10.2. The minimum atomic E-state index is -0.626. The van der Waals surface area contributed by atoms with Crippen LogP contribution in [0.15, 0.2) is 17.5 Å². The number of carbonyl (C=O) groups excluding carboxylic acids is 2. The van der Waals surface area contributed by atoms with Gasteiger partial charge in [0.2, 0.25) is 5.91 Å². The molecule has 0 saturated heterocycles. The first-order chi connectivity index (χ1) is 9.13. The summed E-state index contributed by atoms with van der Waals surface area (Å²) in [5.74, 6) is -0.673. The second-order valence-corrected chi connectivity index (χ2v) is 5.46. The molecule has 0 aliphatic carbocycles. The molecule has 1 aliphatic rings. The van der Waals surface area contributed by atoms with Crippen molar-refractivity contribution in [2.45, 2.75) is 12.6 Å². The smallest absolute Gasteiger partial charge is 0.271 e. The fraction of sp³-hybridized carbons (Fsp3) is 0.333. The van der Waals surface area contributed by atoms with Gasteiger partial charge in [0.25, 0.3) is 5.91 Å². The van der Waals surface area contributed by atoms with Crippen LogP contribution in [0.1, 0.15) is 10.5 Å². The molecule has 0 radical (unpaired) electrons. The van der Waals surface area contributed by atoms with E-state index in [4.69, 9.17) is 11.5 Å². The maximum Gasteiger partial charge on any atom is 0.271 e. The Hall–Kier alpha value is -1.86. The second kappa shape index (κ2) is 4.36. The van der Waals surface area contributed by atoms with Crippen LogP contribution in [-0.2, 0) is 11.3 Å². The van der Waals surface area contributed by atoms with E-state index in [9.17, 15) is 9.59 Å². The van der Waals surface area contributed by atoms with Crippen molar-refractivity contribution in [3.8, 4) is 0 Å². The van der Waals surface area contributed by atoms with Gasteiger partial charge < -0.3 is 20.9 Å². The van der Waals surface area contributed by atoms with E-state index >= 15 is 0 Å². The lowest BCUT2D eigenvalue weighted by molar-refractivity contribution is -0.123. The summed E-state index contributed by atoms with van der Waals surface area (Å²) >= 11 is 1.57. The van der Waals surface area contributed by atoms with Crippen molar-refractivity contribution in [3.05, 3.63) is 23.2 Å². The number of nitrogens with two attached hydrogens (primary N) is 2. The molecule has 0 spiro atoms. The summed E-state index contributed by atoms with van der Waals surface area (Å²) < 4.78 is 2.91. The van der Waals surface area contributed by atoms with E-state index in [2.05, 4.69) is 0 Å². The molecule has 4 N–H and O–H groups in total. The summed E-state index contributed by atoms with van der Waals surface area (Å²) in [5, 5.41) is 1.97. The van der Waals surface area contributed by atoms with Crippen LogP contribution in [-0.4, -0.2) is 40.4 Å². The third-order valence-corrected chi connectivity index (χ3v) is 4.29. The number of hydrogen-bond acceptors (Lipinski definition) is 4. The van der Waals surface area contributed by atoms with Crippen molar-refractivity contribution < 1.29 is 9.59 Å². The molecule has 0 aromatic carbocycles. The van der Waals surface area contributed by atoms with Gasteiger partial charge >= 0.3 is 0 Å². The van der Waals surface area contributed by atoms with Crippen molar-refractivity contribution in [2.24, 2.45) is 11.5 Å². The lowest BCUT2D eigenvalue weighted by Gasteiger charge is -2.34. The first-order valence-corrected chi connectivity index (χ1v) is 6.88. The third-order valence-electron chi connectivity index (χ3n) is 3.43. The predicted octanol–water partition coefficient (Wildman–Crippen LogP) is -0.0288. The van der Waals surface area contributed by atoms with Gasteiger partial charge in [0.05, 0.1) is 16.8 Å². The Morgan fingerprint density at radius 3 is 3.00 bits per heavy atom. The largest absolute Gasteiger partial charge is 0.368 e. The van der Waals surface area contributed by atoms with E-state index in [1.165, 1.54) is 4.90 Å². The van der Waals surface area contributed by atoms with Gasteiger partial charge in [0, 0.05) is 13.1 Å². The van der Waals surface area contributed by atoms with Crippen LogP contribution in [0, 0.1) is 0 Å². The zero-order valence-corrected chi connectivity index (χ0v) is 11.0. The highest BCUT2D eigenvalue weighted by atomic mass is 32.1. The molecule has 7 heteroatoms. The number of carbonyl (C=O) groups is 2. The van der Waals surface area contributed by atoms with Gasteiger partial charge in [0.15, 0.2) is 0 Å². The predicted molar refractivity (Wildman–Crippen MR) is 72.9 cm³/mol. The number of aromatic nitrogens is 1. The number of hydrogen-bond donors (Lipinski definition) is 2.